The molecule has 0 radical (unpaired) electrons. The van der Waals surface area contributed by atoms with Crippen molar-refractivity contribution in [2.75, 3.05) is 11.9 Å². The van der Waals surface area contributed by atoms with Crippen LogP contribution in [0.3, 0.4) is 0 Å². The normalized spacial score (nSPS) is 13.8. The van der Waals surface area contributed by atoms with Crippen LogP contribution in [0.15, 0.2) is 35.8 Å². The molecule has 1 aromatic carbocycles. The minimum Gasteiger partial charge on any atom is -0.378 e. The molecular weight excluding hydrogens is 298 g/mol. The van der Waals surface area contributed by atoms with Crippen LogP contribution in [0.1, 0.15) is 11.6 Å². The molecule has 0 bridgehead atoms. The molecule has 0 saturated heterocycles. The lowest BCUT2D eigenvalue weighted by atomic mass is 10.2. The molecule has 1 aliphatic rings. The van der Waals surface area contributed by atoms with E-state index in [1.165, 1.54) is 0 Å². The van der Waals surface area contributed by atoms with Gasteiger partial charge in [0, 0.05) is 29.4 Å². The van der Waals surface area contributed by atoms with Gasteiger partial charge >= 0.3 is 0 Å². The smallest absolute Gasteiger partial charge is 0.159 e. The molecule has 3 aromatic rings. The molecular formula is C15H15N5OS. The zero-order valence-electron chi connectivity index (χ0n) is 11.9. The minimum absolute atomic E-state index is 0.548. The number of nitrogens with one attached hydrogen (secondary N) is 1. The van der Waals surface area contributed by atoms with Gasteiger partial charge in [0.1, 0.15) is 11.6 Å². The molecule has 2 aromatic heterocycles. The highest BCUT2D eigenvalue weighted by atomic mass is 32.1. The second kappa shape index (κ2) is 5.86. The van der Waals surface area contributed by atoms with E-state index in [2.05, 4.69) is 37.2 Å². The topological polar surface area (TPSA) is 64.9 Å². The van der Waals surface area contributed by atoms with Gasteiger partial charge in [-0.2, -0.15) is 0 Å². The summed E-state index contributed by atoms with van der Waals surface area (Å²) in [5.74, 6) is 1.84. The first-order chi connectivity index (χ1) is 10.9. The highest BCUT2D eigenvalue weighted by molar-refractivity contribution is 7.13. The summed E-state index contributed by atoms with van der Waals surface area (Å²) < 4.78 is 7.51. The Bertz CT molecular complexity index is 768. The molecule has 1 aliphatic heterocycles. The van der Waals surface area contributed by atoms with Crippen LogP contribution < -0.4 is 5.32 Å². The molecule has 0 fully saturated rings. The van der Waals surface area contributed by atoms with Gasteiger partial charge in [-0.05, 0) is 12.1 Å². The van der Waals surface area contributed by atoms with E-state index < -0.39 is 0 Å². The number of fused-ring (bicyclic) bond motifs is 1. The quantitative estimate of drug-likeness (QED) is 0.802. The Labute approximate surface area is 131 Å². The zero-order chi connectivity index (χ0) is 14.8. The summed E-state index contributed by atoms with van der Waals surface area (Å²) in [6.45, 7) is 2.73. The zero-order valence-corrected chi connectivity index (χ0v) is 12.7. The standard InChI is InChI=1S/C15H15N5OS/c1-2-11(15-16-4-7-22-15)8-12(3-1)17-9-13-18-19-14-10-21-6-5-20(13)14/h1-4,7-8,17H,5-6,9-10H2. The number of benzene rings is 1. The summed E-state index contributed by atoms with van der Waals surface area (Å²) in [4.78, 5) is 4.35. The molecule has 0 amide bonds. The fourth-order valence-electron chi connectivity index (χ4n) is 2.50. The largest absolute Gasteiger partial charge is 0.378 e. The Hall–Kier alpha value is -2.25. The fraction of sp³-hybridized carbons (Fsp3) is 0.267. The van der Waals surface area contributed by atoms with Gasteiger partial charge in [-0.3, -0.25) is 0 Å². The lowest BCUT2D eigenvalue weighted by molar-refractivity contribution is 0.0807. The number of rotatable bonds is 4. The highest BCUT2D eigenvalue weighted by Crippen LogP contribution is 2.24. The van der Waals surface area contributed by atoms with Gasteiger partial charge in [0.2, 0.25) is 0 Å². The van der Waals surface area contributed by atoms with Crippen molar-refractivity contribution in [3.8, 4) is 10.6 Å². The second-order valence-electron chi connectivity index (χ2n) is 5.01. The van der Waals surface area contributed by atoms with Gasteiger partial charge in [0.25, 0.3) is 0 Å². The number of anilines is 1. The number of thiazole rings is 1. The lowest BCUT2D eigenvalue weighted by Crippen LogP contribution is -2.19. The van der Waals surface area contributed by atoms with E-state index in [9.17, 15) is 0 Å². The van der Waals surface area contributed by atoms with Crippen molar-refractivity contribution in [3.63, 3.8) is 0 Å². The Morgan fingerprint density at radius 1 is 1.32 bits per heavy atom. The summed E-state index contributed by atoms with van der Waals surface area (Å²) in [5, 5.41) is 14.8. The molecule has 4 rings (SSSR count). The Morgan fingerprint density at radius 3 is 3.23 bits per heavy atom. The maximum Gasteiger partial charge on any atom is 0.159 e. The average Bonchev–Trinajstić information content (AvgIpc) is 3.23. The third-order valence-corrected chi connectivity index (χ3v) is 4.41. The first-order valence-corrected chi connectivity index (χ1v) is 8.00. The number of nitrogens with zero attached hydrogens (tertiary/aromatic N) is 4. The third kappa shape index (κ3) is 2.60. The number of aromatic nitrogens is 4. The van der Waals surface area contributed by atoms with Crippen LogP contribution in [0.2, 0.25) is 0 Å². The second-order valence-corrected chi connectivity index (χ2v) is 5.90. The van der Waals surface area contributed by atoms with Crippen LogP contribution >= 0.6 is 11.3 Å². The molecule has 0 saturated carbocycles. The first-order valence-electron chi connectivity index (χ1n) is 7.12. The predicted octanol–water partition coefficient (Wildman–Crippen LogP) is 2.54. The van der Waals surface area contributed by atoms with Crippen molar-refractivity contribution in [3.05, 3.63) is 47.5 Å². The van der Waals surface area contributed by atoms with Crippen molar-refractivity contribution < 1.29 is 4.74 Å². The maximum absolute atomic E-state index is 5.38. The minimum atomic E-state index is 0.548. The first kappa shape index (κ1) is 13.4. The molecule has 7 heteroatoms. The van der Waals surface area contributed by atoms with Crippen molar-refractivity contribution in [1.29, 1.82) is 0 Å². The van der Waals surface area contributed by atoms with E-state index in [1.807, 2.05) is 23.7 Å². The van der Waals surface area contributed by atoms with E-state index in [4.69, 9.17) is 4.74 Å². The lowest BCUT2D eigenvalue weighted by Gasteiger charge is -2.15. The predicted molar refractivity (Wildman–Crippen MR) is 84.6 cm³/mol. The van der Waals surface area contributed by atoms with Crippen LogP contribution in [0.4, 0.5) is 5.69 Å². The van der Waals surface area contributed by atoms with E-state index in [0.717, 1.165) is 41.1 Å². The summed E-state index contributed by atoms with van der Waals surface area (Å²) in [5.41, 5.74) is 2.17. The molecule has 0 aliphatic carbocycles. The summed E-state index contributed by atoms with van der Waals surface area (Å²) in [6.07, 6.45) is 1.82. The summed E-state index contributed by atoms with van der Waals surface area (Å²) in [6, 6.07) is 8.26. The monoisotopic (exact) mass is 313 g/mol. The Morgan fingerprint density at radius 2 is 2.32 bits per heavy atom. The molecule has 1 N–H and O–H groups in total. The van der Waals surface area contributed by atoms with Gasteiger partial charge in [-0.15, -0.1) is 21.5 Å². The van der Waals surface area contributed by atoms with Crippen LogP contribution in [-0.2, 0) is 24.4 Å². The SMILES string of the molecule is c1cc(NCc2nnc3n2CCOC3)cc(-c2nccs2)c1. The van der Waals surface area contributed by atoms with Gasteiger partial charge in [-0.1, -0.05) is 12.1 Å². The number of hydrogen-bond donors (Lipinski definition) is 1. The van der Waals surface area contributed by atoms with Crippen molar-refractivity contribution in [1.82, 2.24) is 19.7 Å². The van der Waals surface area contributed by atoms with E-state index in [1.54, 1.807) is 11.3 Å². The fourth-order valence-corrected chi connectivity index (χ4v) is 3.13. The Balaban J connectivity index is 1.50. The van der Waals surface area contributed by atoms with Crippen molar-refractivity contribution in [2.45, 2.75) is 19.7 Å². The average molecular weight is 313 g/mol. The molecule has 0 atom stereocenters. The summed E-state index contributed by atoms with van der Waals surface area (Å²) >= 11 is 1.64. The molecule has 0 unspecified atom stereocenters. The van der Waals surface area contributed by atoms with Crippen LogP contribution in [-0.4, -0.2) is 26.4 Å². The van der Waals surface area contributed by atoms with Gasteiger partial charge in [0.05, 0.1) is 13.2 Å². The third-order valence-electron chi connectivity index (χ3n) is 3.59. The molecule has 0 spiro atoms. The highest BCUT2D eigenvalue weighted by Gasteiger charge is 2.15. The number of ether oxygens (including phenoxy) is 1. The van der Waals surface area contributed by atoms with Crippen LogP contribution in [0, 0.1) is 0 Å². The van der Waals surface area contributed by atoms with E-state index >= 15 is 0 Å². The summed E-state index contributed by atoms with van der Waals surface area (Å²) in [7, 11) is 0. The van der Waals surface area contributed by atoms with E-state index in [0.29, 0.717) is 13.2 Å². The molecule has 22 heavy (non-hydrogen) atoms. The van der Waals surface area contributed by atoms with E-state index in [-0.39, 0.29) is 0 Å². The number of hydrogen-bond acceptors (Lipinski definition) is 6. The van der Waals surface area contributed by atoms with Crippen molar-refractivity contribution in [2.24, 2.45) is 0 Å². The maximum atomic E-state index is 5.38. The van der Waals surface area contributed by atoms with Gasteiger partial charge in [-0.25, -0.2) is 4.98 Å². The van der Waals surface area contributed by atoms with Gasteiger partial charge < -0.3 is 14.6 Å². The van der Waals surface area contributed by atoms with Crippen LogP contribution in [0.5, 0.6) is 0 Å². The van der Waals surface area contributed by atoms with Crippen LogP contribution in [0.25, 0.3) is 10.6 Å². The van der Waals surface area contributed by atoms with Crippen molar-refractivity contribution >= 4 is 17.0 Å². The Kier molecular flexibility index (Phi) is 3.57. The molecule has 112 valence electrons. The van der Waals surface area contributed by atoms with Gasteiger partial charge in [0.15, 0.2) is 11.6 Å². The molecule has 6 nitrogen and oxygen atoms in total. The molecule has 3 heterocycles.